The van der Waals surface area contributed by atoms with Gasteiger partial charge in [-0.3, -0.25) is 0 Å². The summed E-state index contributed by atoms with van der Waals surface area (Å²) in [6, 6.07) is 2.02. The highest BCUT2D eigenvalue weighted by Crippen LogP contribution is 2.15. The molecule has 0 radical (unpaired) electrons. The van der Waals surface area contributed by atoms with E-state index in [9.17, 15) is 0 Å². The molecule has 3 nitrogen and oxygen atoms in total. The van der Waals surface area contributed by atoms with Crippen LogP contribution in [0.15, 0.2) is 0 Å². The molecule has 2 fully saturated rings. The molecule has 0 saturated carbocycles. The minimum atomic E-state index is 0.611. The van der Waals surface area contributed by atoms with Crippen molar-refractivity contribution in [3.63, 3.8) is 0 Å². The van der Waals surface area contributed by atoms with Crippen molar-refractivity contribution in [2.45, 2.75) is 64.1 Å². The first kappa shape index (κ1) is 13.3. The summed E-state index contributed by atoms with van der Waals surface area (Å²) in [5, 5.41) is 3.81. The molecule has 2 heterocycles. The van der Waals surface area contributed by atoms with E-state index in [1.54, 1.807) is 0 Å². The van der Waals surface area contributed by atoms with Gasteiger partial charge < -0.3 is 15.0 Å². The monoisotopic (exact) mass is 240 g/mol. The van der Waals surface area contributed by atoms with Gasteiger partial charge in [-0.1, -0.05) is 0 Å². The first-order valence-electron chi connectivity index (χ1n) is 7.33. The molecule has 3 heteroatoms. The summed E-state index contributed by atoms with van der Waals surface area (Å²) in [5.41, 5.74) is 0. The number of hydrogen-bond donors (Lipinski definition) is 1. The van der Waals surface area contributed by atoms with Gasteiger partial charge in [0.15, 0.2) is 0 Å². The standard InChI is InChI=1S/C14H28N2O/c1-12(2)16-8-3-5-13(7-9-16)15-14-6-4-10-17-11-14/h12-15H,3-11H2,1-2H3. The van der Waals surface area contributed by atoms with Gasteiger partial charge in [-0.05, 0) is 59.0 Å². The Morgan fingerprint density at radius 2 is 1.88 bits per heavy atom. The Morgan fingerprint density at radius 3 is 2.59 bits per heavy atom. The van der Waals surface area contributed by atoms with Crippen LogP contribution in [-0.4, -0.2) is 49.3 Å². The van der Waals surface area contributed by atoms with E-state index < -0.39 is 0 Å². The maximum atomic E-state index is 5.54. The van der Waals surface area contributed by atoms with Gasteiger partial charge in [0, 0.05) is 24.7 Å². The van der Waals surface area contributed by atoms with E-state index in [0.717, 1.165) is 13.2 Å². The predicted molar refractivity (Wildman–Crippen MR) is 71.3 cm³/mol. The summed E-state index contributed by atoms with van der Waals surface area (Å²) >= 11 is 0. The van der Waals surface area contributed by atoms with E-state index in [-0.39, 0.29) is 0 Å². The maximum absolute atomic E-state index is 5.54. The fourth-order valence-electron chi connectivity index (χ4n) is 3.01. The molecule has 1 N–H and O–H groups in total. The van der Waals surface area contributed by atoms with E-state index in [0.29, 0.717) is 18.1 Å². The molecule has 0 aromatic heterocycles. The zero-order valence-corrected chi connectivity index (χ0v) is 11.5. The lowest BCUT2D eigenvalue weighted by molar-refractivity contribution is 0.0655. The van der Waals surface area contributed by atoms with Crippen LogP contribution in [0.3, 0.4) is 0 Å². The van der Waals surface area contributed by atoms with Crippen LogP contribution >= 0.6 is 0 Å². The van der Waals surface area contributed by atoms with E-state index >= 15 is 0 Å². The summed E-state index contributed by atoms with van der Waals surface area (Å²) in [6.07, 6.45) is 6.49. The molecule has 0 spiro atoms. The lowest BCUT2D eigenvalue weighted by Gasteiger charge is -2.28. The van der Waals surface area contributed by atoms with E-state index in [1.165, 1.54) is 45.2 Å². The maximum Gasteiger partial charge on any atom is 0.0619 e. The molecule has 2 aliphatic heterocycles. The molecule has 17 heavy (non-hydrogen) atoms. The minimum absolute atomic E-state index is 0.611. The van der Waals surface area contributed by atoms with Crippen LogP contribution in [0.25, 0.3) is 0 Å². The van der Waals surface area contributed by atoms with Crippen LogP contribution in [0.4, 0.5) is 0 Å². The van der Waals surface area contributed by atoms with Gasteiger partial charge >= 0.3 is 0 Å². The highest BCUT2D eigenvalue weighted by atomic mass is 16.5. The Hall–Kier alpha value is -0.120. The number of ether oxygens (including phenoxy) is 1. The second kappa shape index (κ2) is 6.72. The highest BCUT2D eigenvalue weighted by Gasteiger charge is 2.22. The van der Waals surface area contributed by atoms with Crippen molar-refractivity contribution in [2.75, 3.05) is 26.3 Å². The molecule has 0 aliphatic carbocycles. The molecule has 0 amide bonds. The van der Waals surface area contributed by atoms with Crippen LogP contribution in [0.1, 0.15) is 46.0 Å². The molecule has 2 atom stereocenters. The van der Waals surface area contributed by atoms with Gasteiger partial charge in [0.05, 0.1) is 6.61 Å². The number of nitrogens with one attached hydrogen (secondary N) is 1. The SMILES string of the molecule is CC(C)N1CCCC(NC2CCCOC2)CC1. The Kier molecular flexibility index (Phi) is 5.26. The number of nitrogens with zero attached hydrogens (tertiary/aromatic N) is 1. The Labute approximate surface area is 106 Å². The van der Waals surface area contributed by atoms with Crippen molar-refractivity contribution in [3.8, 4) is 0 Å². The smallest absolute Gasteiger partial charge is 0.0619 e. The summed E-state index contributed by atoms with van der Waals surface area (Å²) in [6.45, 7) is 9.03. The second-order valence-electron chi connectivity index (χ2n) is 5.84. The van der Waals surface area contributed by atoms with Crippen molar-refractivity contribution >= 4 is 0 Å². The van der Waals surface area contributed by atoms with Crippen LogP contribution in [0.2, 0.25) is 0 Å². The fraction of sp³-hybridized carbons (Fsp3) is 1.00. The Balaban J connectivity index is 1.74. The van der Waals surface area contributed by atoms with Crippen molar-refractivity contribution in [2.24, 2.45) is 0 Å². The molecule has 2 aliphatic rings. The van der Waals surface area contributed by atoms with Gasteiger partial charge in [-0.2, -0.15) is 0 Å². The number of rotatable bonds is 3. The van der Waals surface area contributed by atoms with E-state index in [1.807, 2.05) is 0 Å². The van der Waals surface area contributed by atoms with Crippen molar-refractivity contribution in [1.29, 1.82) is 0 Å². The lowest BCUT2D eigenvalue weighted by atomic mass is 10.1. The van der Waals surface area contributed by atoms with Gasteiger partial charge in [0.25, 0.3) is 0 Å². The third-order valence-corrected chi connectivity index (χ3v) is 4.12. The van der Waals surface area contributed by atoms with Crippen LogP contribution in [0, 0.1) is 0 Å². The van der Waals surface area contributed by atoms with Crippen LogP contribution in [0.5, 0.6) is 0 Å². The van der Waals surface area contributed by atoms with Gasteiger partial charge in [-0.15, -0.1) is 0 Å². The molecule has 0 aromatic rings. The molecule has 0 aromatic carbocycles. The molecule has 100 valence electrons. The normalized spacial score (nSPS) is 32.6. The number of hydrogen-bond acceptors (Lipinski definition) is 3. The van der Waals surface area contributed by atoms with E-state index in [2.05, 4.69) is 24.1 Å². The van der Waals surface area contributed by atoms with Gasteiger partial charge in [-0.25, -0.2) is 0 Å². The quantitative estimate of drug-likeness (QED) is 0.817. The third-order valence-electron chi connectivity index (χ3n) is 4.12. The van der Waals surface area contributed by atoms with Crippen molar-refractivity contribution in [3.05, 3.63) is 0 Å². The number of likely N-dealkylation sites (tertiary alicyclic amines) is 1. The molecular weight excluding hydrogens is 212 g/mol. The summed E-state index contributed by atoms with van der Waals surface area (Å²) < 4.78 is 5.54. The second-order valence-corrected chi connectivity index (χ2v) is 5.84. The zero-order valence-electron chi connectivity index (χ0n) is 11.5. The first-order chi connectivity index (χ1) is 8.25. The molecule has 2 saturated heterocycles. The van der Waals surface area contributed by atoms with Gasteiger partial charge in [0.2, 0.25) is 0 Å². The van der Waals surface area contributed by atoms with Crippen molar-refractivity contribution in [1.82, 2.24) is 10.2 Å². The molecule has 2 rings (SSSR count). The Bertz CT molecular complexity index is 214. The zero-order chi connectivity index (χ0) is 12.1. The fourth-order valence-corrected chi connectivity index (χ4v) is 3.01. The third kappa shape index (κ3) is 4.23. The highest BCUT2D eigenvalue weighted by molar-refractivity contribution is 4.80. The minimum Gasteiger partial charge on any atom is -0.380 e. The largest absolute Gasteiger partial charge is 0.380 e. The molecule has 2 unspecified atom stereocenters. The average molecular weight is 240 g/mol. The van der Waals surface area contributed by atoms with Crippen molar-refractivity contribution < 1.29 is 4.74 Å². The van der Waals surface area contributed by atoms with Crippen LogP contribution in [-0.2, 0) is 4.74 Å². The summed E-state index contributed by atoms with van der Waals surface area (Å²) in [7, 11) is 0. The first-order valence-corrected chi connectivity index (χ1v) is 7.33. The molecular formula is C14H28N2O. The predicted octanol–water partition coefficient (Wildman–Crippen LogP) is 2.02. The average Bonchev–Trinajstić information content (AvgIpc) is 2.56. The molecule has 0 bridgehead atoms. The van der Waals surface area contributed by atoms with Crippen LogP contribution < -0.4 is 5.32 Å². The topological polar surface area (TPSA) is 24.5 Å². The van der Waals surface area contributed by atoms with Gasteiger partial charge in [0.1, 0.15) is 0 Å². The Morgan fingerprint density at radius 1 is 1.06 bits per heavy atom. The summed E-state index contributed by atoms with van der Waals surface area (Å²) in [4.78, 5) is 2.61. The summed E-state index contributed by atoms with van der Waals surface area (Å²) in [5.74, 6) is 0. The van der Waals surface area contributed by atoms with E-state index in [4.69, 9.17) is 4.74 Å². The lowest BCUT2D eigenvalue weighted by Crippen LogP contribution is -2.43.